The summed E-state index contributed by atoms with van der Waals surface area (Å²) >= 11 is 0. The van der Waals surface area contributed by atoms with E-state index in [1.807, 2.05) is 0 Å². The SMILES string of the molecule is C1CCOCC1.O=Cc1ccc([N+](=O)[O-])c(O)c1. The second-order valence-corrected chi connectivity index (χ2v) is 3.80. The van der Waals surface area contributed by atoms with Gasteiger partial charge in [0.2, 0.25) is 0 Å². The van der Waals surface area contributed by atoms with E-state index in [2.05, 4.69) is 0 Å². The molecule has 2 rings (SSSR count). The monoisotopic (exact) mass is 253 g/mol. The van der Waals surface area contributed by atoms with Crippen molar-refractivity contribution >= 4 is 12.0 Å². The fourth-order valence-corrected chi connectivity index (χ4v) is 1.46. The van der Waals surface area contributed by atoms with Crippen molar-refractivity contribution in [3.8, 4) is 5.75 Å². The predicted octanol–water partition coefficient (Wildman–Crippen LogP) is 2.30. The van der Waals surface area contributed by atoms with Crippen LogP contribution in [0.1, 0.15) is 29.6 Å². The van der Waals surface area contributed by atoms with Crippen molar-refractivity contribution in [3.63, 3.8) is 0 Å². The summed E-state index contributed by atoms with van der Waals surface area (Å²) in [5.41, 5.74) is -0.196. The van der Waals surface area contributed by atoms with Crippen LogP contribution in [0.2, 0.25) is 0 Å². The lowest BCUT2D eigenvalue weighted by Gasteiger charge is -2.08. The third-order valence-corrected chi connectivity index (χ3v) is 2.41. The number of nitro groups is 1. The minimum absolute atomic E-state index is 0.207. The van der Waals surface area contributed by atoms with Crippen molar-refractivity contribution in [2.24, 2.45) is 0 Å². The molecule has 0 saturated carbocycles. The van der Waals surface area contributed by atoms with Gasteiger partial charge < -0.3 is 9.84 Å². The summed E-state index contributed by atoms with van der Waals surface area (Å²) in [6.45, 7) is 2.00. The van der Waals surface area contributed by atoms with E-state index in [9.17, 15) is 14.9 Å². The van der Waals surface area contributed by atoms with Crippen LogP contribution in [0, 0.1) is 10.1 Å². The number of nitrogens with zero attached hydrogens (tertiary/aromatic N) is 1. The molecule has 6 heteroatoms. The van der Waals surface area contributed by atoms with E-state index in [0.717, 1.165) is 25.3 Å². The number of benzene rings is 1. The molecule has 0 aromatic heterocycles. The molecule has 1 aromatic rings. The number of carbonyl (C=O) groups is 1. The van der Waals surface area contributed by atoms with Gasteiger partial charge in [-0.3, -0.25) is 14.9 Å². The minimum atomic E-state index is -0.718. The summed E-state index contributed by atoms with van der Waals surface area (Å²) in [5.74, 6) is -0.496. The topological polar surface area (TPSA) is 89.7 Å². The maximum Gasteiger partial charge on any atom is 0.310 e. The number of phenolic OH excluding ortho intramolecular Hbond substituents is 1. The number of ether oxygens (including phenoxy) is 1. The normalized spacial score (nSPS) is 14.2. The van der Waals surface area contributed by atoms with Crippen molar-refractivity contribution in [2.75, 3.05) is 13.2 Å². The first-order valence-corrected chi connectivity index (χ1v) is 5.65. The molecule has 1 aliphatic heterocycles. The molecule has 1 aromatic carbocycles. The third-order valence-electron chi connectivity index (χ3n) is 2.41. The zero-order chi connectivity index (χ0) is 13.4. The van der Waals surface area contributed by atoms with E-state index >= 15 is 0 Å². The molecule has 0 atom stereocenters. The van der Waals surface area contributed by atoms with E-state index in [4.69, 9.17) is 9.84 Å². The highest BCUT2D eigenvalue weighted by Gasteiger charge is 2.12. The Morgan fingerprint density at radius 1 is 1.28 bits per heavy atom. The van der Waals surface area contributed by atoms with Gasteiger partial charge in [0.1, 0.15) is 6.29 Å². The second-order valence-electron chi connectivity index (χ2n) is 3.80. The molecular weight excluding hydrogens is 238 g/mol. The Morgan fingerprint density at radius 2 is 1.94 bits per heavy atom. The fraction of sp³-hybridized carbons (Fsp3) is 0.417. The van der Waals surface area contributed by atoms with Crippen molar-refractivity contribution in [1.29, 1.82) is 0 Å². The molecule has 0 amide bonds. The molecule has 0 radical (unpaired) electrons. The quantitative estimate of drug-likeness (QED) is 0.496. The molecule has 0 bridgehead atoms. The predicted molar refractivity (Wildman–Crippen MR) is 64.8 cm³/mol. The molecular formula is C12H15NO5. The molecule has 1 N–H and O–H groups in total. The smallest absolute Gasteiger partial charge is 0.310 e. The molecule has 18 heavy (non-hydrogen) atoms. The van der Waals surface area contributed by atoms with Crippen LogP contribution >= 0.6 is 0 Å². The van der Waals surface area contributed by atoms with Crippen LogP contribution in [-0.2, 0) is 4.74 Å². The van der Waals surface area contributed by atoms with Crippen molar-refractivity contribution in [3.05, 3.63) is 33.9 Å². The van der Waals surface area contributed by atoms with Crippen LogP contribution in [0.3, 0.4) is 0 Å². The number of carbonyl (C=O) groups excluding carboxylic acids is 1. The lowest BCUT2D eigenvalue weighted by molar-refractivity contribution is -0.385. The van der Waals surface area contributed by atoms with Gasteiger partial charge in [-0.25, -0.2) is 0 Å². The lowest BCUT2D eigenvalue weighted by atomic mass is 10.2. The van der Waals surface area contributed by atoms with Crippen LogP contribution in [0.5, 0.6) is 5.75 Å². The minimum Gasteiger partial charge on any atom is -0.502 e. The molecule has 0 spiro atoms. The van der Waals surface area contributed by atoms with E-state index in [1.54, 1.807) is 0 Å². The highest BCUT2D eigenvalue weighted by Crippen LogP contribution is 2.25. The maximum atomic E-state index is 10.2. The second kappa shape index (κ2) is 7.39. The molecule has 1 saturated heterocycles. The third kappa shape index (κ3) is 4.50. The molecule has 1 fully saturated rings. The summed E-state index contributed by atoms with van der Waals surface area (Å²) in [6, 6.07) is 3.40. The van der Waals surface area contributed by atoms with Crippen molar-refractivity contribution in [1.82, 2.24) is 0 Å². The van der Waals surface area contributed by atoms with Crippen LogP contribution in [0.15, 0.2) is 18.2 Å². The number of aldehydes is 1. The van der Waals surface area contributed by atoms with Crippen LogP contribution in [-0.4, -0.2) is 29.5 Å². The highest BCUT2D eigenvalue weighted by molar-refractivity contribution is 5.76. The highest BCUT2D eigenvalue weighted by atomic mass is 16.6. The molecule has 0 aliphatic carbocycles. The van der Waals surface area contributed by atoms with Gasteiger partial charge in [0.15, 0.2) is 5.75 Å². The van der Waals surface area contributed by atoms with Crippen molar-refractivity contribution < 1.29 is 19.6 Å². The van der Waals surface area contributed by atoms with Gasteiger partial charge in [-0.05, 0) is 31.4 Å². The molecule has 1 aliphatic rings. The summed E-state index contributed by atoms with van der Waals surface area (Å²) in [5, 5.41) is 19.2. The van der Waals surface area contributed by atoms with Gasteiger partial charge in [-0.1, -0.05) is 0 Å². The Hall–Kier alpha value is -1.95. The van der Waals surface area contributed by atoms with Gasteiger partial charge >= 0.3 is 5.69 Å². The number of aromatic hydroxyl groups is 1. The number of phenols is 1. The fourth-order valence-electron chi connectivity index (χ4n) is 1.46. The van der Waals surface area contributed by atoms with E-state index in [0.29, 0.717) is 6.29 Å². The average Bonchev–Trinajstić information content (AvgIpc) is 2.41. The van der Waals surface area contributed by atoms with Crippen LogP contribution in [0.4, 0.5) is 5.69 Å². The Balaban J connectivity index is 0.000000225. The molecule has 1 heterocycles. The van der Waals surface area contributed by atoms with Crippen LogP contribution < -0.4 is 0 Å². The largest absolute Gasteiger partial charge is 0.502 e. The zero-order valence-electron chi connectivity index (χ0n) is 9.87. The Labute approximate surface area is 104 Å². The van der Waals surface area contributed by atoms with Gasteiger partial charge in [0, 0.05) is 24.8 Å². The van der Waals surface area contributed by atoms with Crippen molar-refractivity contribution in [2.45, 2.75) is 19.3 Å². The van der Waals surface area contributed by atoms with Crippen LogP contribution in [0.25, 0.3) is 0 Å². The van der Waals surface area contributed by atoms with Gasteiger partial charge in [0.25, 0.3) is 0 Å². The van der Waals surface area contributed by atoms with Gasteiger partial charge in [-0.2, -0.15) is 0 Å². The lowest BCUT2D eigenvalue weighted by Crippen LogP contribution is -2.03. The summed E-state index contributed by atoms with van der Waals surface area (Å²) in [7, 11) is 0. The average molecular weight is 253 g/mol. The summed E-state index contributed by atoms with van der Waals surface area (Å²) in [4.78, 5) is 19.6. The van der Waals surface area contributed by atoms with E-state index in [-0.39, 0.29) is 5.56 Å². The summed E-state index contributed by atoms with van der Waals surface area (Å²) < 4.78 is 5.07. The Kier molecular flexibility index (Phi) is 5.79. The van der Waals surface area contributed by atoms with E-state index < -0.39 is 16.4 Å². The number of hydrogen-bond donors (Lipinski definition) is 1. The van der Waals surface area contributed by atoms with E-state index in [1.165, 1.54) is 25.3 Å². The standard InChI is InChI=1S/C7H5NO4.C5H10O/c9-4-5-1-2-6(8(11)12)7(10)3-5;1-2-4-6-5-3-1/h1-4,10H;1-5H2. The first-order chi connectivity index (χ1) is 8.65. The Morgan fingerprint density at radius 3 is 2.28 bits per heavy atom. The first-order valence-electron chi connectivity index (χ1n) is 5.65. The maximum absolute atomic E-state index is 10.2. The molecule has 6 nitrogen and oxygen atoms in total. The molecule has 98 valence electrons. The molecule has 0 unspecified atom stereocenters. The first kappa shape index (κ1) is 14.1. The number of hydrogen-bond acceptors (Lipinski definition) is 5. The summed E-state index contributed by atoms with van der Waals surface area (Å²) in [6.07, 6.45) is 4.43. The Bertz CT molecular complexity index is 403. The van der Waals surface area contributed by atoms with Gasteiger partial charge in [0.05, 0.1) is 4.92 Å². The number of nitro benzene ring substituents is 1. The number of rotatable bonds is 2. The zero-order valence-corrected chi connectivity index (χ0v) is 9.87. The van der Waals surface area contributed by atoms with Gasteiger partial charge in [-0.15, -0.1) is 0 Å².